The molecule has 0 heterocycles. The summed E-state index contributed by atoms with van der Waals surface area (Å²) in [5.41, 5.74) is 0.665. The summed E-state index contributed by atoms with van der Waals surface area (Å²) in [5, 5.41) is 9.83. The lowest BCUT2D eigenvalue weighted by Crippen LogP contribution is -2.06. The van der Waals surface area contributed by atoms with Crippen LogP contribution in [0.5, 0.6) is 0 Å². The van der Waals surface area contributed by atoms with E-state index in [1.165, 1.54) is 12.1 Å². The minimum absolute atomic E-state index is 0.233. The molecule has 0 aliphatic carbocycles. The Morgan fingerprint density at radius 2 is 2.06 bits per heavy atom. The lowest BCUT2D eigenvalue weighted by Gasteiger charge is -2.10. The first-order valence-corrected chi connectivity index (χ1v) is 6.22. The van der Waals surface area contributed by atoms with Gasteiger partial charge in [0.1, 0.15) is 5.82 Å². The molecule has 4 heteroatoms. The average Bonchev–Trinajstić information content (AvgIpc) is 2.37. The maximum absolute atomic E-state index is 12.7. The second-order valence-corrected chi connectivity index (χ2v) is 4.18. The monoisotopic (exact) mass is 254 g/mol. The van der Waals surface area contributed by atoms with Crippen LogP contribution >= 0.6 is 0 Å². The number of rotatable bonds is 7. The van der Waals surface area contributed by atoms with Crippen molar-refractivity contribution in [3.63, 3.8) is 0 Å². The lowest BCUT2D eigenvalue weighted by molar-refractivity contribution is -0.143. The summed E-state index contributed by atoms with van der Waals surface area (Å²) < 4.78 is 17.6. The zero-order valence-electron chi connectivity index (χ0n) is 10.6. The van der Waals surface area contributed by atoms with Crippen molar-refractivity contribution in [1.82, 2.24) is 0 Å². The number of esters is 1. The van der Waals surface area contributed by atoms with Crippen LogP contribution in [0.25, 0.3) is 0 Å². The summed E-state index contributed by atoms with van der Waals surface area (Å²) in [6.45, 7) is 2.38. The van der Waals surface area contributed by atoms with Gasteiger partial charge in [0.2, 0.25) is 0 Å². The number of halogens is 1. The van der Waals surface area contributed by atoms with Crippen LogP contribution in [-0.4, -0.2) is 17.7 Å². The zero-order chi connectivity index (χ0) is 13.4. The van der Waals surface area contributed by atoms with Gasteiger partial charge in [0.15, 0.2) is 0 Å². The molecule has 0 bridgehead atoms. The second kappa shape index (κ2) is 7.82. The van der Waals surface area contributed by atoms with Crippen LogP contribution in [0.1, 0.15) is 44.3 Å². The van der Waals surface area contributed by atoms with Crippen molar-refractivity contribution in [2.45, 2.75) is 38.7 Å². The van der Waals surface area contributed by atoms with Gasteiger partial charge < -0.3 is 9.84 Å². The third-order valence-corrected chi connectivity index (χ3v) is 2.58. The van der Waals surface area contributed by atoms with Crippen molar-refractivity contribution >= 4 is 5.97 Å². The summed E-state index contributed by atoms with van der Waals surface area (Å²) in [5.74, 6) is -0.558. The van der Waals surface area contributed by atoms with Gasteiger partial charge >= 0.3 is 5.97 Å². The van der Waals surface area contributed by atoms with Gasteiger partial charge in [0.05, 0.1) is 12.7 Å². The molecule has 0 unspecified atom stereocenters. The molecule has 0 aliphatic heterocycles. The topological polar surface area (TPSA) is 46.5 Å². The van der Waals surface area contributed by atoms with Crippen molar-refractivity contribution in [3.05, 3.63) is 35.6 Å². The number of carbonyl (C=O) groups is 1. The van der Waals surface area contributed by atoms with Crippen LogP contribution in [0.2, 0.25) is 0 Å². The highest BCUT2D eigenvalue weighted by Gasteiger charge is 2.09. The van der Waals surface area contributed by atoms with Crippen molar-refractivity contribution in [3.8, 4) is 0 Å². The standard InChI is InChI=1S/C14H19FO3/c1-2-10-18-14(17)5-3-4-13(16)11-6-8-12(15)9-7-11/h6-9,13,16H,2-5,10H2,1H3/t13-/m0/s1. The number of aliphatic hydroxyl groups excluding tert-OH is 1. The maximum atomic E-state index is 12.7. The van der Waals surface area contributed by atoms with E-state index in [4.69, 9.17) is 4.74 Å². The molecule has 1 aromatic rings. The number of hydrogen-bond donors (Lipinski definition) is 1. The number of benzene rings is 1. The Kier molecular flexibility index (Phi) is 6.36. The molecular weight excluding hydrogens is 235 g/mol. The van der Waals surface area contributed by atoms with Crippen LogP contribution in [0.3, 0.4) is 0 Å². The normalized spacial score (nSPS) is 12.2. The molecule has 0 radical (unpaired) electrons. The Bertz CT molecular complexity index is 362. The van der Waals surface area contributed by atoms with Gasteiger partial charge in [-0.3, -0.25) is 4.79 Å². The minimum atomic E-state index is -0.662. The van der Waals surface area contributed by atoms with E-state index in [9.17, 15) is 14.3 Å². The Hall–Kier alpha value is -1.42. The third-order valence-electron chi connectivity index (χ3n) is 2.58. The number of hydrogen-bond acceptors (Lipinski definition) is 3. The van der Waals surface area contributed by atoms with Gasteiger partial charge in [-0.2, -0.15) is 0 Å². The Labute approximate surface area is 107 Å². The van der Waals surface area contributed by atoms with Gasteiger partial charge in [-0.1, -0.05) is 19.1 Å². The third kappa shape index (κ3) is 5.27. The molecule has 0 aliphatic rings. The summed E-state index contributed by atoms with van der Waals surface area (Å²) in [4.78, 5) is 11.2. The van der Waals surface area contributed by atoms with Gasteiger partial charge in [-0.25, -0.2) is 4.39 Å². The fourth-order valence-electron chi connectivity index (χ4n) is 1.58. The van der Waals surface area contributed by atoms with E-state index >= 15 is 0 Å². The highest BCUT2D eigenvalue weighted by molar-refractivity contribution is 5.69. The summed E-state index contributed by atoms with van der Waals surface area (Å²) in [6.07, 6.45) is 1.47. The smallest absolute Gasteiger partial charge is 0.305 e. The van der Waals surface area contributed by atoms with Crippen LogP contribution in [0.4, 0.5) is 4.39 Å². The van der Waals surface area contributed by atoms with E-state index in [1.807, 2.05) is 6.92 Å². The predicted molar refractivity (Wildman–Crippen MR) is 66.5 cm³/mol. The van der Waals surface area contributed by atoms with Crippen molar-refractivity contribution < 1.29 is 19.0 Å². The van der Waals surface area contributed by atoms with E-state index in [1.54, 1.807) is 12.1 Å². The molecule has 1 atom stereocenters. The highest BCUT2D eigenvalue weighted by Crippen LogP contribution is 2.19. The minimum Gasteiger partial charge on any atom is -0.466 e. The van der Waals surface area contributed by atoms with Gasteiger partial charge in [-0.15, -0.1) is 0 Å². The highest BCUT2D eigenvalue weighted by atomic mass is 19.1. The number of aliphatic hydroxyl groups is 1. The molecule has 0 aromatic heterocycles. The molecular formula is C14H19FO3. The van der Waals surface area contributed by atoms with Crippen LogP contribution in [0, 0.1) is 5.82 Å². The van der Waals surface area contributed by atoms with Crippen molar-refractivity contribution in [2.75, 3.05) is 6.61 Å². The lowest BCUT2D eigenvalue weighted by atomic mass is 10.0. The largest absolute Gasteiger partial charge is 0.466 e. The summed E-state index contributed by atoms with van der Waals surface area (Å²) in [6, 6.07) is 5.73. The van der Waals surface area contributed by atoms with E-state index in [-0.39, 0.29) is 11.8 Å². The maximum Gasteiger partial charge on any atom is 0.305 e. The predicted octanol–water partition coefficient (Wildman–Crippen LogP) is 2.98. The van der Waals surface area contributed by atoms with E-state index in [2.05, 4.69) is 0 Å². The molecule has 18 heavy (non-hydrogen) atoms. The van der Waals surface area contributed by atoms with Crippen molar-refractivity contribution in [2.24, 2.45) is 0 Å². The number of ether oxygens (including phenoxy) is 1. The van der Waals surface area contributed by atoms with E-state index in [0.29, 0.717) is 31.4 Å². The molecule has 1 aromatic carbocycles. The quantitative estimate of drug-likeness (QED) is 0.761. The fraction of sp³-hybridized carbons (Fsp3) is 0.500. The summed E-state index contributed by atoms with van der Waals surface area (Å²) in [7, 11) is 0. The molecule has 0 fully saturated rings. The van der Waals surface area contributed by atoms with Gasteiger partial charge in [0, 0.05) is 6.42 Å². The van der Waals surface area contributed by atoms with Crippen molar-refractivity contribution in [1.29, 1.82) is 0 Å². The van der Waals surface area contributed by atoms with Crippen LogP contribution in [-0.2, 0) is 9.53 Å². The van der Waals surface area contributed by atoms with Gasteiger partial charge in [0.25, 0.3) is 0 Å². The molecule has 1 rings (SSSR count). The average molecular weight is 254 g/mol. The molecule has 0 amide bonds. The first-order chi connectivity index (χ1) is 8.63. The molecule has 0 saturated heterocycles. The molecule has 0 spiro atoms. The SMILES string of the molecule is CCCOC(=O)CCC[C@H](O)c1ccc(F)cc1. The van der Waals surface area contributed by atoms with Gasteiger partial charge in [-0.05, 0) is 37.0 Å². The molecule has 1 N–H and O–H groups in total. The van der Waals surface area contributed by atoms with Crippen LogP contribution < -0.4 is 0 Å². The Morgan fingerprint density at radius 3 is 2.67 bits per heavy atom. The van der Waals surface area contributed by atoms with Crippen LogP contribution in [0.15, 0.2) is 24.3 Å². The first kappa shape index (κ1) is 14.6. The first-order valence-electron chi connectivity index (χ1n) is 6.22. The Balaban J connectivity index is 2.26. The van der Waals surface area contributed by atoms with E-state index < -0.39 is 6.10 Å². The molecule has 0 saturated carbocycles. The second-order valence-electron chi connectivity index (χ2n) is 4.18. The molecule has 3 nitrogen and oxygen atoms in total. The van der Waals surface area contributed by atoms with E-state index in [0.717, 1.165) is 6.42 Å². The zero-order valence-corrected chi connectivity index (χ0v) is 10.6. The fourth-order valence-corrected chi connectivity index (χ4v) is 1.58. The Morgan fingerprint density at radius 1 is 1.39 bits per heavy atom. The molecule has 100 valence electrons. The summed E-state index contributed by atoms with van der Waals surface area (Å²) >= 11 is 0. The number of carbonyl (C=O) groups excluding carboxylic acids is 1.